The predicted molar refractivity (Wildman–Crippen MR) is 113 cm³/mol. The number of rotatable bonds is 6. The highest BCUT2D eigenvalue weighted by molar-refractivity contribution is 9.10. The van der Waals surface area contributed by atoms with Gasteiger partial charge >= 0.3 is 0 Å². The molecule has 28 heavy (non-hydrogen) atoms. The Morgan fingerprint density at radius 2 is 2.11 bits per heavy atom. The van der Waals surface area contributed by atoms with Crippen molar-refractivity contribution in [1.82, 2.24) is 4.90 Å². The maximum absolute atomic E-state index is 13.2. The van der Waals surface area contributed by atoms with Crippen molar-refractivity contribution >= 4 is 43.3 Å². The van der Waals surface area contributed by atoms with Crippen molar-refractivity contribution in [1.29, 1.82) is 0 Å². The van der Waals surface area contributed by atoms with Gasteiger partial charge in [0, 0.05) is 35.7 Å². The van der Waals surface area contributed by atoms with Crippen molar-refractivity contribution in [2.24, 2.45) is 5.92 Å². The molecular weight excluding hydrogens is 444 g/mol. The predicted octanol–water partition coefficient (Wildman–Crippen LogP) is 2.93. The molecule has 0 saturated carbocycles. The Balaban J connectivity index is 1.76. The van der Waals surface area contributed by atoms with E-state index in [0.29, 0.717) is 19.5 Å². The first kappa shape index (κ1) is 21.3. The second-order valence-corrected chi connectivity index (χ2v) is 10.9. The quantitative estimate of drug-likeness (QED) is 0.640. The largest absolute Gasteiger partial charge is 0.338 e. The summed E-state index contributed by atoms with van der Waals surface area (Å²) in [5.41, 5.74) is 1.82. The Morgan fingerprint density at radius 3 is 2.71 bits per heavy atom. The fraction of sp³-hybridized carbons (Fsp3) is 0.600. The molecule has 2 saturated heterocycles. The number of aryl methyl sites for hydroxylation is 1. The van der Waals surface area contributed by atoms with Crippen molar-refractivity contribution < 1.29 is 18.0 Å². The Hall–Kier alpha value is -1.41. The van der Waals surface area contributed by atoms with Crippen LogP contribution in [0.2, 0.25) is 0 Å². The number of amides is 2. The van der Waals surface area contributed by atoms with Crippen LogP contribution in [0.3, 0.4) is 0 Å². The number of anilines is 1. The molecule has 2 unspecified atom stereocenters. The summed E-state index contributed by atoms with van der Waals surface area (Å²) in [5.74, 6) is -0.383. The minimum Gasteiger partial charge on any atom is -0.338 e. The van der Waals surface area contributed by atoms with E-state index in [-0.39, 0.29) is 35.8 Å². The van der Waals surface area contributed by atoms with E-state index in [4.69, 9.17) is 0 Å². The zero-order valence-electron chi connectivity index (χ0n) is 16.4. The van der Waals surface area contributed by atoms with Gasteiger partial charge in [-0.05, 0) is 43.5 Å². The molecule has 0 N–H and O–H groups in total. The summed E-state index contributed by atoms with van der Waals surface area (Å²) < 4.78 is 24.8. The van der Waals surface area contributed by atoms with Crippen molar-refractivity contribution in [3.63, 3.8) is 0 Å². The Kier molecular flexibility index (Phi) is 6.49. The molecule has 6 nitrogen and oxygen atoms in total. The molecule has 2 amide bonds. The maximum Gasteiger partial charge on any atom is 0.228 e. The third-order valence-corrected chi connectivity index (χ3v) is 8.25. The van der Waals surface area contributed by atoms with Gasteiger partial charge in [0.2, 0.25) is 11.8 Å². The van der Waals surface area contributed by atoms with Crippen molar-refractivity contribution in [3.8, 4) is 0 Å². The summed E-state index contributed by atoms with van der Waals surface area (Å²) in [6, 6.07) is 5.46. The summed E-state index contributed by atoms with van der Waals surface area (Å²) >= 11 is 3.46. The molecule has 0 bridgehead atoms. The molecule has 2 atom stereocenters. The lowest BCUT2D eigenvalue weighted by atomic mass is 10.0. The average molecular weight is 471 g/mol. The Bertz CT molecular complexity index is 871. The molecule has 2 aliphatic rings. The van der Waals surface area contributed by atoms with E-state index in [0.717, 1.165) is 28.6 Å². The van der Waals surface area contributed by atoms with E-state index >= 15 is 0 Å². The lowest BCUT2D eigenvalue weighted by Crippen LogP contribution is -2.45. The number of hydrogen-bond donors (Lipinski definition) is 0. The second kappa shape index (κ2) is 8.53. The van der Waals surface area contributed by atoms with Crippen LogP contribution in [0.4, 0.5) is 5.69 Å². The molecule has 0 aromatic heterocycles. The number of benzene rings is 1. The fourth-order valence-corrected chi connectivity index (χ4v) is 5.95. The molecule has 2 heterocycles. The van der Waals surface area contributed by atoms with Crippen molar-refractivity contribution in [3.05, 3.63) is 28.2 Å². The molecule has 0 aliphatic carbocycles. The lowest BCUT2D eigenvalue weighted by Gasteiger charge is -2.30. The topological polar surface area (TPSA) is 74.8 Å². The van der Waals surface area contributed by atoms with Gasteiger partial charge in [-0.1, -0.05) is 29.3 Å². The fourth-order valence-electron chi connectivity index (χ4n) is 3.98. The standard InChI is InChI=1S/C20H27BrN2O4S/c1-3-4-8-22(17-7-9-28(26,27)13-17)20(25)15-11-19(24)23(12-15)16-5-6-18(21)14(2)10-16/h5-6,10,15,17H,3-4,7-9,11-13H2,1-2H3. The summed E-state index contributed by atoms with van der Waals surface area (Å²) in [7, 11) is -3.07. The van der Waals surface area contributed by atoms with Crippen LogP contribution in [0.15, 0.2) is 22.7 Å². The van der Waals surface area contributed by atoms with E-state index in [1.807, 2.05) is 32.0 Å². The third kappa shape index (κ3) is 4.59. The molecule has 3 rings (SSSR count). The molecule has 2 fully saturated rings. The SMILES string of the molecule is CCCCN(C(=O)C1CC(=O)N(c2ccc(Br)c(C)c2)C1)C1CCS(=O)(=O)C1. The maximum atomic E-state index is 13.2. The van der Waals surface area contributed by atoms with E-state index in [2.05, 4.69) is 15.9 Å². The van der Waals surface area contributed by atoms with Crippen LogP contribution >= 0.6 is 15.9 Å². The van der Waals surface area contributed by atoms with E-state index in [1.165, 1.54) is 0 Å². The van der Waals surface area contributed by atoms with E-state index in [1.54, 1.807) is 9.80 Å². The van der Waals surface area contributed by atoms with Crippen LogP contribution in [0.1, 0.15) is 38.2 Å². The van der Waals surface area contributed by atoms with Gasteiger partial charge in [0.25, 0.3) is 0 Å². The number of carbonyl (C=O) groups is 2. The van der Waals surface area contributed by atoms with E-state index < -0.39 is 15.8 Å². The molecule has 1 aromatic carbocycles. The van der Waals surface area contributed by atoms with Gasteiger partial charge < -0.3 is 9.80 Å². The normalized spacial score (nSPS) is 24.0. The minimum absolute atomic E-state index is 0.0404. The molecule has 2 aliphatic heterocycles. The molecule has 1 aromatic rings. The van der Waals surface area contributed by atoms with Crippen molar-refractivity contribution in [2.45, 2.75) is 45.6 Å². The minimum atomic E-state index is -3.07. The first-order chi connectivity index (χ1) is 13.2. The van der Waals surface area contributed by atoms with Crippen molar-refractivity contribution in [2.75, 3.05) is 29.5 Å². The number of carbonyl (C=O) groups excluding carboxylic acids is 2. The zero-order valence-corrected chi connectivity index (χ0v) is 18.8. The third-order valence-electron chi connectivity index (χ3n) is 5.61. The Morgan fingerprint density at radius 1 is 1.36 bits per heavy atom. The van der Waals surface area contributed by atoms with Gasteiger partial charge in [0.05, 0.1) is 17.4 Å². The van der Waals surface area contributed by atoms with Crippen LogP contribution in [-0.4, -0.2) is 55.8 Å². The van der Waals surface area contributed by atoms with Gasteiger partial charge in [0.1, 0.15) is 0 Å². The number of unbranched alkanes of at least 4 members (excludes halogenated alkanes) is 1. The summed E-state index contributed by atoms with van der Waals surface area (Å²) in [6.45, 7) is 4.91. The van der Waals surface area contributed by atoms with Crippen LogP contribution in [0.25, 0.3) is 0 Å². The van der Waals surface area contributed by atoms with Gasteiger partial charge in [0.15, 0.2) is 9.84 Å². The number of hydrogen-bond acceptors (Lipinski definition) is 4. The first-order valence-corrected chi connectivity index (χ1v) is 12.4. The molecule has 8 heteroatoms. The summed E-state index contributed by atoms with van der Waals surface area (Å²) in [6.07, 6.45) is 2.43. The highest BCUT2D eigenvalue weighted by atomic mass is 79.9. The average Bonchev–Trinajstić information content (AvgIpc) is 3.20. The molecule has 0 spiro atoms. The highest BCUT2D eigenvalue weighted by Crippen LogP contribution is 2.30. The Labute approximate surface area is 175 Å². The molecular formula is C20H27BrN2O4S. The van der Waals surface area contributed by atoms with Crippen LogP contribution in [-0.2, 0) is 19.4 Å². The number of halogens is 1. The molecule has 154 valence electrons. The first-order valence-electron chi connectivity index (χ1n) is 9.79. The second-order valence-electron chi connectivity index (χ2n) is 7.78. The lowest BCUT2D eigenvalue weighted by molar-refractivity contribution is -0.137. The smallest absolute Gasteiger partial charge is 0.228 e. The zero-order chi connectivity index (χ0) is 20.5. The van der Waals surface area contributed by atoms with Gasteiger partial charge in [-0.25, -0.2) is 8.42 Å². The van der Waals surface area contributed by atoms with Gasteiger partial charge in [-0.3, -0.25) is 9.59 Å². The number of sulfone groups is 1. The highest BCUT2D eigenvalue weighted by Gasteiger charge is 2.41. The van der Waals surface area contributed by atoms with Gasteiger partial charge in [-0.2, -0.15) is 0 Å². The van der Waals surface area contributed by atoms with Gasteiger partial charge in [-0.15, -0.1) is 0 Å². The van der Waals surface area contributed by atoms with Crippen LogP contribution in [0.5, 0.6) is 0 Å². The van der Waals surface area contributed by atoms with Crippen LogP contribution < -0.4 is 4.90 Å². The monoisotopic (exact) mass is 470 g/mol. The van der Waals surface area contributed by atoms with Crippen LogP contribution in [0, 0.1) is 12.8 Å². The summed E-state index contributed by atoms with van der Waals surface area (Å²) in [4.78, 5) is 29.2. The number of nitrogens with zero attached hydrogens (tertiary/aromatic N) is 2. The summed E-state index contributed by atoms with van der Waals surface area (Å²) in [5, 5.41) is 0. The molecule has 0 radical (unpaired) electrons. The van der Waals surface area contributed by atoms with E-state index in [9.17, 15) is 18.0 Å².